The van der Waals surface area contributed by atoms with Gasteiger partial charge >= 0.3 is 0 Å². The maximum atomic E-state index is 13.4. The standard InChI is InChI=1S/C18H13FN4O2S/c1-10-14(11-5-3-2-4-6-11)15-17(25)20-13(21-18(15)26-10)8-23-7-12(9-24)16(19)22-23/h2-7,9H,8H2,1H3,(H,20,21,25). The van der Waals surface area contributed by atoms with Gasteiger partial charge in [-0.3, -0.25) is 14.3 Å². The van der Waals surface area contributed by atoms with Crippen LogP contribution >= 0.6 is 11.3 Å². The molecule has 0 atom stereocenters. The molecule has 130 valence electrons. The summed E-state index contributed by atoms with van der Waals surface area (Å²) in [6.45, 7) is 2.01. The van der Waals surface area contributed by atoms with Crippen LogP contribution in [0.2, 0.25) is 0 Å². The minimum Gasteiger partial charge on any atom is -0.308 e. The second-order valence-corrected chi connectivity index (χ2v) is 6.99. The van der Waals surface area contributed by atoms with Crippen molar-refractivity contribution in [2.45, 2.75) is 13.5 Å². The van der Waals surface area contributed by atoms with Crippen molar-refractivity contribution in [2.24, 2.45) is 0 Å². The van der Waals surface area contributed by atoms with Crippen molar-refractivity contribution in [2.75, 3.05) is 0 Å². The number of hydrogen-bond acceptors (Lipinski definition) is 5. The Labute approximate surface area is 150 Å². The van der Waals surface area contributed by atoms with Crippen LogP contribution in [-0.2, 0) is 6.54 Å². The largest absolute Gasteiger partial charge is 0.308 e. The normalized spacial score (nSPS) is 11.2. The highest BCUT2D eigenvalue weighted by atomic mass is 32.1. The van der Waals surface area contributed by atoms with Gasteiger partial charge in [-0.2, -0.15) is 4.39 Å². The summed E-state index contributed by atoms with van der Waals surface area (Å²) >= 11 is 1.43. The molecule has 0 fully saturated rings. The van der Waals surface area contributed by atoms with Crippen LogP contribution in [0.25, 0.3) is 21.3 Å². The lowest BCUT2D eigenvalue weighted by atomic mass is 10.0. The van der Waals surface area contributed by atoms with Crippen molar-refractivity contribution in [3.63, 3.8) is 0 Å². The number of thiophene rings is 1. The number of carbonyl (C=O) groups excluding carboxylic acids is 1. The first-order chi connectivity index (χ1) is 12.6. The van der Waals surface area contributed by atoms with E-state index >= 15 is 0 Å². The summed E-state index contributed by atoms with van der Waals surface area (Å²) in [5, 5.41) is 4.16. The zero-order valence-electron chi connectivity index (χ0n) is 13.7. The Bertz CT molecular complexity index is 1180. The van der Waals surface area contributed by atoms with E-state index in [1.165, 1.54) is 22.2 Å². The molecule has 0 radical (unpaired) electrons. The summed E-state index contributed by atoms with van der Waals surface area (Å²) in [5.41, 5.74) is 1.45. The summed E-state index contributed by atoms with van der Waals surface area (Å²) in [4.78, 5) is 32.2. The molecule has 0 saturated carbocycles. The molecular weight excluding hydrogens is 355 g/mol. The minimum atomic E-state index is -0.846. The van der Waals surface area contributed by atoms with Gasteiger partial charge in [-0.25, -0.2) is 4.98 Å². The molecule has 3 aromatic heterocycles. The number of hydrogen-bond donors (Lipinski definition) is 1. The van der Waals surface area contributed by atoms with Gasteiger partial charge in [0, 0.05) is 16.6 Å². The van der Waals surface area contributed by atoms with Gasteiger partial charge in [0.2, 0.25) is 5.95 Å². The molecule has 0 aliphatic rings. The summed E-state index contributed by atoms with van der Waals surface area (Å²) in [6, 6.07) is 9.67. The topological polar surface area (TPSA) is 80.6 Å². The Morgan fingerprint density at radius 1 is 1.31 bits per heavy atom. The van der Waals surface area contributed by atoms with E-state index in [0.717, 1.165) is 16.0 Å². The van der Waals surface area contributed by atoms with E-state index in [4.69, 9.17) is 0 Å². The zero-order valence-corrected chi connectivity index (χ0v) is 14.5. The lowest BCUT2D eigenvalue weighted by molar-refractivity contribution is 0.111. The van der Waals surface area contributed by atoms with Gasteiger partial charge in [-0.15, -0.1) is 16.4 Å². The molecule has 0 unspecified atom stereocenters. The van der Waals surface area contributed by atoms with E-state index in [2.05, 4.69) is 15.1 Å². The summed E-state index contributed by atoms with van der Waals surface area (Å²) in [7, 11) is 0. The quantitative estimate of drug-likeness (QED) is 0.561. The number of halogens is 1. The molecule has 0 amide bonds. The highest BCUT2D eigenvalue weighted by Gasteiger charge is 2.17. The van der Waals surface area contributed by atoms with Crippen molar-refractivity contribution in [3.8, 4) is 11.1 Å². The van der Waals surface area contributed by atoms with Crippen LogP contribution in [0.5, 0.6) is 0 Å². The molecule has 0 bridgehead atoms. The molecule has 0 spiro atoms. The number of rotatable bonds is 4. The number of benzene rings is 1. The van der Waals surface area contributed by atoms with E-state index in [0.29, 0.717) is 22.3 Å². The number of aromatic nitrogens is 4. The Morgan fingerprint density at radius 2 is 2.08 bits per heavy atom. The molecule has 1 aromatic carbocycles. The SMILES string of the molecule is Cc1sc2nc(Cn3cc(C=O)c(F)n3)[nH]c(=O)c2c1-c1ccccc1. The molecule has 0 aliphatic carbocycles. The number of carbonyl (C=O) groups is 1. The van der Waals surface area contributed by atoms with Gasteiger partial charge < -0.3 is 4.98 Å². The van der Waals surface area contributed by atoms with E-state index in [1.54, 1.807) is 0 Å². The number of H-pyrrole nitrogens is 1. The fourth-order valence-electron chi connectivity index (χ4n) is 2.92. The number of aldehydes is 1. The number of nitrogens with one attached hydrogen (secondary N) is 1. The maximum absolute atomic E-state index is 13.4. The number of nitrogens with zero attached hydrogens (tertiary/aromatic N) is 3. The molecule has 3 heterocycles. The summed E-state index contributed by atoms with van der Waals surface area (Å²) in [5.74, 6) is -0.495. The highest BCUT2D eigenvalue weighted by Crippen LogP contribution is 2.35. The van der Waals surface area contributed by atoms with Crippen molar-refractivity contribution < 1.29 is 9.18 Å². The van der Waals surface area contributed by atoms with Crippen molar-refractivity contribution >= 4 is 27.8 Å². The Hall–Kier alpha value is -3.13. The van der Waals surface area contributed by atoms with Gasteiger partial charge in [-0.05, 0) is 12.5 Å². The second kappa shape index (κ2) is 6.30. The third-order valence-corrected chi connectivity index (χ3v) is 5.03. The molecule has 4 aromatic rings. The molecule has 0 aliphatic heterocycles. The van der Waals surface area contributed by atoms with Crippen molar-refractivity contribution in [1.29, 1.82) is 0 Å². The fraction of sp³-hybridized carbons (Fsp3) is 0.111. The molecule has 26 heavy (non-hydrogen) atoms. The van der Waals surface area contributed by atoms with Gasteiger partial charge in [0.1, 0.15) is 10.7 Å². The summed E-state index contributed by atoms with van der Waals surface area (Å²) in [6.07, 6.45) is 1.68. The van der Waals surface area contributed by atoms with E-state index in [1.807, 2.05) is 37.3 Å². The maximum Gasteiger partial charge on any atom is 0.260 e. The third-order valence-electron chi connectivity index (χ3n) is 4.03. The lowest BCUT2D eigenvalue weighted by Gasteiger charge is -2.03. The van der Waals surface area contributed by atoms with Crippen LogP contribution in [0.4, 0.5) is 4.39 Å². The lowest BCUT2D eigenvalue weighted by Crippen LogP contribution is -2.14. The van der Waals surface area contributed by atoms with Crippen LogP contribution in [0, 0.1) is 12.9 Å². The first kappa shape index (κ1) is 16.3. The number of aryl methyl sites for hydroxylation is 1. The molecule has 1 N–H and O–H groups in total. The van der Waals surface area contributed by atoms with E-state index in [-0.39, 0.29) is 17.7 Å². The van der Waals surface area contributed by atoms with Crippen LogP contribution in [0.3, 0.4) is 0 Å². The van der Waals surface area contributed by atoms with Gasteiger partial charge in [0.05, 0.1) is 17.5 Å². The predicted octanol–water partition coefficient (Wildman–Crippen LogP) is 3.16. The van der Waals surface area contributed by atoms with Crippen LogP contribution in [-0.4, -0.2) is 26.0 Å². The monoisotopic (exact) mass is 368 g/mol. The average Bonchev–Trinajstić information content (AvgIpc) is 3.14. The molecule has 8 heteroatoms. The van der Waals surface area contributed by atoms with Crippen molar-refractivity contribution in [3.05, 3.63) is 69.1 Å². The molecule has 0 saturated heterocycles. The highest BCUT2D eigenvalue weighted by molar-refractivity contribution is 7.19. The fourth-order valence-corrected chi connectivity index (χ4v) is 3.98. The smallest absolute Gasteiger partial charge is 0.260 e. The van der Waals surface area contributed by atoms with E-state index in [9.17, 15) is 14.0 Å². The Kier molecular flexibility index (Phi) is 3.96. The van der Waals surface area contributed by atoms with Crippen LogP contribution in [0.1, 0.15) is 21.1 Å². The minimum absolute atomic E-state index is 0.0631. The van der Waals surface area contributed by atoms with Gasteiger partial charge in [-0.1, -0.05) is 30.3 Å². The summed E-state index contributed by atoms with van der Waals surface area (Å²) < 4.78 is 14.7. The first-order valence-electron chi connectivity index (χ1n) is 7.82. The zero-order chi connectivity index (χ0) is 18.3. The van der Waals surface area contributed by atoms with Gasteiger partial charge in [0.15, 0.2) is 6.29 Å². The van der Waals surface area contributed by atoms with Gasteiger partial charge in [0.25, 0.3) is 5.56 Å². The third kappa shape index (κ3) is 2.74. The van der Waals surface area contributed by atoms with Crippen molar-refractivity contribution in [1.82, 2.24) is 19.7 Å². The van der Waals surface area contributed by atoms with Crippen LogP contribution < -0.4 is 5.56 Å². The first-order valence-corrected chi connectivity index (χ1v) is 8.64. The molecule has 6 nitrogen and oxygen atoms in total. The molecule has 4 rings (SSSR count). The molecular formula is C18H13FN4O2S. The Morgan fingerprint density at radius 3 is 2.77 bits per heavy atom. The predicted molar refractivity (Wildman–Crippen MR) is 97.1 cm³/mol. The number of aromatic amines is 1. The number of fused-ring (bicyclic) bond motifs is 1. The van der Waals surface area contributed by atoms with Crippen LogP contribution in [0.15, 0.2) is 41.3 Å². The average molecular weight is 368 g/mol. The second-order valence-electron chi connectivity index (χ2n) is 5.78. The van der Waals surface area contributed by atoms with E-state index < -0.39 is 5.95 Å². The Balaban J connectivity index is 1.80.